The summed E-state index contributed by atoms with van der Waals surface area (Å²) in [6, 6.07) is 0. The van der Waals surface area contributed by atoms with Gasteiger partial charge in [0.15, 0.2) is 0 Å². The molecule has 3 nitrogen and oxygen atoms in total. The van der Waals surface area contributed by atoms with Crippen molar-refractivity contribution in [1.29, 1.82) is 0 Å². The molecule has 0 fully saturated rings. The lowest BCUT2D eigenvalue weighted by atomic mass is 10.5. The van der Waals surface area contributed by atoms with Crippen molar-refractivity contribution in [3.63, 3.8) is 0 Å². The molecule has 0 aliphatic carbocycles. The van der Waals surface area contributed by atoms with E-state index in [0.29, 0.717) is 0 Å². The molecule has 0 aromatic rings. The molecule has 0 unspecified atom stereocenters. The van der Waals surface area contributed by atoms with Crippen LogP contribution in [0.1, 0.15) is 13.8 Å². The zero-order valence-corrected chi connectivity index (χ0v) is 7.11. The summed E-state index contributed by atoms with van der Waals surface area (Å²) in [7, 11) is 1.50. The molecule has 0 atom stereocenters. The Balaban J connectivity index is 0. The summed E-state index contributed by atoms with van der Waals surface area (Å²) >= 11 is 0. The number of alkyl halides is 3. The molecule has 0 spiro atoms. The zero-order chi connectivity index (χ0) is 10.4. The normalized spacial score (nSPS) is 10.3. The Kier molecular flexibility index (Phi) is 6.68. The van der Waals surface area contributed by atoms with Gasteiger partial charge in [0, 0.05) is 0 Å². The molecule has 0 saturated carbocycles. The maximum atomic E-state index is 11.3. The number of carbonyl (C=O) groups excluding carboxylic acids is 1. The Bertz CT molecular complexity index is 133. The second-order valence-electron chi connectivity index (χ2n) is 1.95. The summed E-state index contributed by atoms with van der Waals surface area (Å²) in [5, 5.41) is 0. The minimum atomic E-state index is -4.87. The van der Waals surface area contributed by atoms with Gasteiger partial charge in [-0.15, -0.1) is 0 Å². The molecule has 0 amide bonds. The van der Waals surface area contributed by atoms with Crippen molar-refractivity contribution in [3.05, 3.63) is 0 Å². The quantitative estimate of drug-likeness (QED) is 0.625. The lowest BCUT2D eigenvalue weighted by Crippen LogP contribution is -2.27. The van der Waals surface area contributed by atoms with Gasteiger partial charge in [-0.25, -0.2) is 4.79 Å². The van der Waals surface area contributed by atoms with Gasteiger partial charge in [0.25, 0.3) is 0 Å². The van der Waals surface area contributed by atoms with Crippen molar-refractivity contribution >= 4 is 5.97 Å². The second-order valence-corrected chi connectivity index (χ2v) is 1.95. The van der Waals surface area contributed by atoms with Gasteiger partial charge in [0.2, 0.25) is 0 Å². The van der Waals surface area contributed by atoms with Crippen LogP contribution < -0.4 is 5.73 Å². The number of hydrogen-bond acceptors (Lipinski definition) is 3. The van der Waals surface area contributed by atoms with E-state index in [9.17, 15) is 18.0 Å². The second kappa shape index (κ2) is 5.82. The number of halogens is 3. The first-order valence-corrected chi connectivity index (χ1v) is 3.19. The van der Waals surface area contributed by atoms with Gasteiger partial charge in [-0.2, -0.15) is 13.2 Å². The third-order valence-corrected chi connectivity index (χ3v) is 0.574. The van der Waals surface area contributed by atoms with Gasteiger partial charge in [-0.05, 0) is 20.9 Å². The Morgan fingerprint density at radius 3 is 1.75 bits per heavy atom. The third kappa shape index (κ3) is 7.33. The fourth-order valence-electron chi connectivity index (χ4n) is 0.281. The lowest BCUT2D eigenvalue weighted by Gasteiger charge is -2.08. The highest BCUT2D eigenvalue weighted by molar-refractivity contribution is 5.75. The highest BCUT2D eigenvalue weighted by Gasteiger charge is 2.41. The van der Waals surface area contributed by atoms with Crippen LogP contribution in [0.3, 0.4) is 0 Å². The van der Waals surface area contributed by atoms with Crippen LogP contribution in [0.25, 0.3) is 0 Å². The van der Waals surface area contributed by atoms with E-state index in [1.165, 1.54) is 20.9 Å². The van der Waals surface area contributed by atoms with Gasteiger partial charge in [-0.3, -0.25) is 0 Å². The maximum absolute atomic E-state index is 11.3. The first-order valence-electron chi connectivity index (χ1n) is 3.19. The molecule has 0 aromatic heterocycles. The topological polar surface area (TPSA) is 52.3 Å². The van der Waals surface area contributed by atoms with E-state index in [2.05, 4.69) is 10.5 Å². The Hall–Kier alpha value is -0.780. The minimum Gasteiger partial charge on any atom is -0.456 e. The highest BCUT2D eigenvalue weighted by Crippen LogP contribution is 2.17. The number of esters is 1. The molecule has 2 N–H and O–H groups in total. The highest BCUT2D eigenvalue weighted by atomic mass is 19.4. The molecule has 0 radical (unpaired) electrons. The van der Waals surface area contributed by atoms with Crippen LogP contribution in [0.15, 0.2) is 0 Å². The average molecular weight is 187 g/mol. The monoisotopic (exact) mass is 187 g/mol. The summed E-state index contributed by atoms with van der Waals surface area (Å²) in [6.07, 6.45) is -5.60. The predicted octanol–water partition coefficient (Wildman–Crippen LogP) is 1.08. The number of nitrogens with two attached hydrogens (primary N) is 1. The van der Waals surface area contributed by atoms with Crippen LogP contribution >= 0.6 is 0 Å². The zero-order valence-electron chi connectivity index (χ0n) is 7.11. The third-order valence-electron chi connectivity index (χ3n) is 0.574. The molecule has 6 heteroatoms. The number of carbonyl (C=O) groups is 1. The van der Waals surface area contributed by atoms with E-state index in [0.717, 1.165) is 0 Å². The van der Waals surface area contributed by atoms with Crippen molar-refractivity contribution in [2.45, 2.75) is 26.1 Å². The summed E-state index contributed by atoms with van der Waals surface area (Å²) < 4.78 is 37.9. The van der Waals surface area contributed by atoms with Crippen molar-refractivity contribution < 1.29 is 22.7 Å². The van der Waals surface area contributed by atoms with Crippen LogP contribution in [0.2, 0.25) is 0 Å². The molecule has 0 aromatic carbocycles. The molecular formula is C6H12F3NO2. The van der Waals surface area contributed by atoms with Gasteiger partial charge in [0.05, 0.1) is 6.10 Å². The Morgan fingerprint density at radius 2 is 1.67 bits per heavy atom. The molecule has 0 aliphatic heterocycles. The molecule has 0 rings (SSSR count). The summed E-state index contributed by atoms with van der Waals surface area (Å²) in [5.74, 6) is -2.14. The van der Waals surface area contributed by atoms with Crippen LogP contribution in [0, 0.1) is 0 Å². The summed E-state index contributed by atoms with van der Waals surface area (Å²) in [5.41, 5.74) is 4.50. The molecule has 0 aliphatic rings. The number of hydrogen-bond donors (Lipinski definition) is 1. The largest absolute Gasteiger partial charge is 0.490 e. The number of ether oxygens (including phenoxy) is 1. The van der Waals surface area contributed by atoms with Crippen LogP contribution in [-0.4, -0.2) is 25.3 Å². The molecule has 74 valence electrons. The van der Waals surface area contributed by atoms with Crippen LogP contribution in [0.4, 0.5) is 13.2 Å². The van der Waals surface area contributed by atoms with E-state index < -0.39 is 18.2 Å². The SMILES string of the molecule is CC(C)OC(=O)C(F)(F)F.CN. The van der Waals surface area contributed by atoms with E-state index in [-0.39, 0.29) is 0 Å². The van der Waals surface area contributed by atoms with Gasteiger partial charge < -0.3 is 10.5 Å². The summed E-state index contributed by atoms with van der Waals surface area (Å²) in [6.45, 7) is 2.70. The molecular weight excluding hydrogens is 175 g/mol. The predicted molar refractivity (Wildman–Crippen MR) is 37.4 cm³/mol. The Labute approximate surface area is 68.7 Å². The maximum Gasteiger partial charge on any atom is 0.490 e. The first-order chi connectivity index (χ1) is 5.34. The fraction of sp³-hybridized carbons (Fsp3) is 0.833. The molecule has 0 heterocycles. The van der Waals surface area contributed by atoms with Gasteiger partial charge in [-0.1, -0.05) is 0 Å². The molecule has 0 saturated heterocycles. The van der Waals surface area contributed by atoms with Gasteiger partial charge in [0.1, 0.15) is 0 Å². The van der Waals surface area contributed by atoms with Crippen molar-refractivity contribution in [3.8, 4) is 0 Å². The van der Waals surface area contributed by atoms with Crippen molar-refractivity contribution in [2.75, 3.05) is 7.05 Å². The lowest BCUT2D eigenvalue weighted by molar-refractivity contribution is -0.203. The van der Waals surface area contributed by atoms with Crippen molar-refractivity contribution in [1.82, 2.24) is 0 Å². The molecule has 12 heavy (non-hydrogen) atoms. The first kappa shape index (κ1) is 13.8. The minimum absolute atomic E-state index is 0.728. The van der Waals surface area contributed by atoms with E-state index in [1.54, 1.807) is 0 Å². The van der Waals surface area contributed by atoms with Gasteiger partial charge >= 0.3 is 12.1 Å². The number of rotatable bonds is 1. The fourth-order valence-corrected chi connectivity index (χ4v) is 0.281. The van der Waals surface area contributed by atoms with Crippen LogP contribution in [-0.2, 0) is 9.53 Å². The van der Waals surface area contributed by atoms with E-state index in [1.807, 2.05) is 0 Å². The van der Waals surface area contributed by atoms with E-state index in [4.69, 9.17) is 0 Å². The molecule has 0 bridgehead atoms. The standard InChI is InChI=1S/C5H7F3O2.CH5N/c1-3(2)10-4(9)5(6,7)8;1-2/h3H,1-2H3;2H2,1H3. The van der Waals surface area contributed by atoms with Crippen molar-refractivity contribution in [2.24, 2.45) is 5.73 Å². The Morgan fingerprint density at radius 1 is 1.33 bits per heavy atom. The van der Waals surface area contributed by atoms with E-state index >= 15 is 0 Å². The summed E-state index contributed by atoms with van der Waals surface area (Å²) in [4.78, 5) is 9.93. The average Bonchev–Trinajstić information content (AvgIpc) is 1.88. The van der Waals surface area contributed by atoms with Crippen LogP contribution in [0.5, 0.6) is 0 Å². The smallest absolute Gasteiger partial charge is 0.456 e.